The van der Waals surface area contributed by atoms with E-state index in [0.717, 1.165) is 12.1 Å². The predicted octanol–water partition coefficient (Wildman–Crippen LogP) is 8.90. The second-order valence-corrected chi connectivity index (χ2v) is 7.04. The molecule has 0 radical (unpaired) electrons. The molecule has 0 fully saturated rings. The standard InChI is InChI=1S/C12H18.C9H13N.3C2H6/c1-9-6-7-11(8-10(9)2)12(3,4)5;1-2-3-8-4-6-9(10)7-5-8;3*1-2/h6-8H,1-5H3;4-7H,2-3,10H2,1H3;3*1-2H3. The van der Waals surface area contributed by atoms with Gasteiger partial charge in [-0.1, -0.05) is 106 Å². The minimum atomic E-state index is 0.276. The van der Waals surface area contributed by atoms with Crippen LogP contribution in [0.1, 0.15) is 97.9 Å². The Morgan fingerprint density at radius 2 is 1.18 bits per heavy atom. The van der Waals surface area contributed by atoms with E-state index in [9.17, 15) is 0 Å². The van der Waals surface area contributed by atoms with Crippen molar-refractivity contribution in [1.29, 1.82) is 0 Å². The van der Waals surface area contributed by atoms with Crippen molar-refractivity contribution in [2.75, 3.05) is 5.73 Å². The van der Waals surface area contributed by atoms with E-state index in [-0.39, 0.29) is 5.41 Å². The highest BCUT2D eigenvalue weighted by atomic mass is 14.5. The first-order chi connectivity index (χ1) is 13.2. The minimum absolute atomic E-state index is 0.276. The molecule has 0 aliphatic carbocycles. The fourth-order valence-electron chi connectivity index (χ4n) is 2.18. The minimum Gasteiger partial charge on any atom is -0.399 e. The number of benzene rings is 2. The Labute approximate surface area is 177 Å². The van der Waals surface area contributed by atoms with E-state index in [1.165, 1.54) is 28.7 Å². The predicted molar refractivity (Wildman–Crippen MR) is 134 cm³/mol. The summed E-state index contributed by atoms with van der Waals surface area (Å²) in [4.78, 5) is 0. The van der Waals surface area contributed by atoms with Crippen molar-refractivity contribution in [3.05, 3.63) is 64.7 Å². The number of hydrogen-bond donors (Lipinski definition) is 1. The highest BCUT2D eigenvalue weighted by Crippen LogP contribution is 2.23. The Balaban J connectivity index is -0.000000355. The topological polar surface area (TPSA) is 26.0 Å². The SMILES string of the molecule is CC.CC.CC.CCCc1ccc(N)cc1.Cc1ccc(C(C)(C)C)cc1C. The zero-order chi connectivity index (χ0) is 22.8. The number of anilines is 1. The van der Waals surface area contributed by atoms with Crippen molar-refractivity contribution < 1.29 is 0 Å². The van der Waals surface area contributed by atoms with Gasteiger partial charge in [0.15, 0.2) is 0 Å². The molecule has 0 saturated carbocycles. The van der Waals surface area contributed by atoms with Gasteiger partial charge >= 0.3 is 0 Å². The summed E-state index contributed by atoms with van der Waals surface area (Å²) >= 11 is 0. The van der Waals surface area contributed by atoms with E-state index in [0.29, 0.717) is 0 Å². The van der Waals surface area contributed by atoms with E-state index >= 15 is 0 Å². The summed E-state index contributed by atoms with van der Waals surface area (Å²) in [6.45, 7) is 25.2. The summed E-state index contributed by atoms with van der Waals surface area (Å²) in [5.74, 6) is 0. The van der Waals surface area contributed by atoms with Crippen LogP contribution in [0.3, 0.4) is 0 Å². The summed E-state index contributed by atoms with van der Waals surface area (Å²) in [6.07, 6.45) is 2.35. The maximum Gasteiger partial charge on any atom is 0.0314 e. The van der Waals surface area contributed by atoms with Gasteiger partial charge in [-0.2, -0.15) is 0 Å². The average molecular weight is 388 g/mol. The average Bonchev–Trinajstić information content (AvgIpc) is 2.70. The lowest BCUT2D eigenvalue weighted by atomic mass is 9.85. The van der Waals surface area contributed by atoms with Gasteiger partial charge in [0, 0.05) is 5.69 Å². The molecule has 0 amide bonds. The Kier molecular flexibility index (Phi) is 20.6. The first-order valence-electron chi connectivity index (χ1n) is 11.2. The molecule has 2 rings (SSSR count). The van der Waals surface area contributed by atoms with Crippen molar-refractivity contribution in [3.63, 3.8) is 0 Å². The molecule has 0 bridgehead atoms. The van der Waals surface area contributed by atoms with E-state index in [4.69, 9.17) is 5.73 Å². The van der Waals surface area contributed by atoms with Crippen molar-refractivity contribution in [2.45, 2.75) is 101 Å². The Hall–Kier alpha value is -1.76. The van der Waals surface area contributed by atoms with Crippen LogP contribution in [-0.4, -0.2) is 0 Å². The third-order valence-corrected chi connectivity index (χ3v) is 3.89. The van der Waals surface area contributed by atoms with Crippen LogP contribution in [0.25, 0.3) is 0 Å². The number of rotatable bonds is 2. The van der Waals surface area contributed by atoms with Gasteiger partial charge in [-0.25, -0.2) is 0 Å². The molecule has 0 unspecified atom stereocenters. The molecule has 1 nitrogen and oxygen atoms in total. The first kappa shape index (κ1) is 31.0. The van der Waals surface area contributed by atoms with Crippen molar-refractivity contribution >= 4 is 5.69 Å². The van der Waals surface area contributed by atoms with Gasteiger partial charge in [0.05, 0.1) is 0 Å². The molecule has 0 atom stereocenters. The van der Waals surface area contributed by atoms with Crippen molar-refractivity contribution in [1.82, 2.24) is 0 Å². The molecule has 162 valence electrons. The zero-order valence-electron chi connectivity index (χ0n) is 21.0. The van der Waals surface area contributed by atoms with E-state index in [1.54, 1.807) is 0 Å². The Bertz CT molecular complexity index is 574. The third-order valence-electron chi connectivity index (χ3n) is 3.89. The van der Waals surface area contributed by atoms with E-state index in [1.807, 2.05) is 53.7 Å². The number of nitrogens with two attached hydrogens (primary N) is 1. The molecule has 0 aromatic heterocycles. The molecule has 2 N–H and O–H groups in total. The summed E-state index contributed by atoms with van der Waals surface area (Å²) < 4.78 is 0. The van der Waals surface area contributed by atoms with Gasteiger partial charge < -0.3 is 5.73 Å². The second kappa shape index (κ2) is 18.6. The van der Waals surface area contributed by atoms with Gasteiger partial charge in [-0.15, -0.1) is 0 Å². The molecule has 28 heavy (non-hydrogen) atoms. The smallest absolute Gasteiger partial charge is 0.0314 e. The van der Waals surface area contributed by atoms with Gasteiger partial charge in [0.2, 0.25) is 0 Å². The lowest BCUT2D eigenvalue weighted by Gasteiger charge is -2.19. The van der Waals surface area contributed by atoms with E-state index in [2.05, 4.69) is 71.9 Å². The fraction of sp³-hybridized carbons (Fsp3) is 0.556. The van der Waals surface area contributed by atoms with Gasteiger partial charge in [-0.05, 0) is 60.1 Å². The normalized spacial score (nSPS) is 9.14. The summed E-state index contributed by atoms with van der Waals surface area (Å²) in [7, 11) is 0. The molecule has 1 heteroatoms. The van der Waals surface area contributed by atoms with Crippen LogP contribution in [0.5, 0.6) is 0 Å². The first-order valence-corrected chi connectivity index (χ1v) is 11.2. The van der Waals surface area contributed by atoms with Crippen LogP contribution in [0.2, 0.25) is 0 Å². The molecule has 0 saturated heterocycles. The van der Waals surface area contributed by atoms with Crippen LogP contribution in [0.15, 0.2) is 42.5 Å². The second-order valence-electron chi connectivity index (χ2n) is 7.04. The van der Waals surface area contributed by atoms with Crippen LogP contribution >= 0.6 is 0 Å². The molecular weight excluding hydrogens is 338 g/mol. The molecule has 2 aromatic carbocycles. The zero-order valence-corrected chi connectivity index (χ0v) is 21.0. The number of nitrogen functional groups attached to an aromatic ring is 1. The number of hydrogen-bond acceptors (Lipinski definition) is 1. The highest BCUT2D eigenvalue weighted by Gasteiger charge is 2.13. The lowest BCUT2D eigenvalue weighted by molar-refractivity contribution is 0.589. The summed E-state index contributed by atoms with van der Waals surface area (Å²) in [5.41, 5.74) is 12.2. The van der Waals surface area contributed by atoms with Crippen molar-refractivity contribution in [2.24, 2.45) is 0 Å². The van der Waals surface area contributed by atoms with Crippen molar-refractivity contribution in [3.8, 4) is 0 Å². The third kappa shape index (κ3) is 14.3. The molecule has 0 aliphatic heterocycles. The Morgan fingerprint density at radius 3 is 1.54 bits per heavy atom. The summed E-state index contributed by atoms with van der Waals surface area (Å²) in [5, 5.41) is 0. The largest absolute Gasteiger partial charge is 0.399 e. The molecule has 0 aliphatic rings. The lowest BCUT2D eigenvalue weighted by Crippen LogP contribution is -2.11. The molecule has 0 spiro atoms. The monoisotopic (exact) mass is 387 g/mol. The van der Waals surface area contributed by atoms with Crippen LogP contribution < -0.4 is 5.73 Å². The van der Waals surface area contributed by atoms with Crippen LogP contribution in [-0.2, 0) is 11.8 Å². The Morgan fingerprint density at radius 1 is 0.714 bits per heavy atom. The highest BCUT2D eigenvalue weighted by molar-refractivity contribution is 5.39. The van der Waals surface area contributed by atoms with Gasteiger partial charge in [0.1, 0.15) is 0 Å². The molecule has 0 heterocycles. The summed E-state index contributed by atoms with van der Waals surface area (Å²) in [6, 6.07) is 14.8. The van der Waals surface area contributed by atoms with Gasteiger partial charge in [0.25, 0.3) is 0 Å². The molecular formula is C27H49N. The van der Waals surface area contributed by atoms with Crippen LogP contribution in [0.4, 0.5) is 5.69 Å². The fourth-order valence-corrected chi connectivity index (χ4v) is 2.18. The quantitative estimate of drug-likeness (QED) is 0.511. The van der Waals surface area contributed by atoms with Gasteiger partial charge in [-0.3, -0.25) is 0 Å². The maximum absolute atomic E-state index is 5.52. The van der Waals surface area contributed by atoms with Crippen LogP contribution in [0, 0.1) is 13.8 Å². The molecule has 2 aromatic rings. The maximum atomic E-state index is 5.52. The number of aryl methyl sites for hydroxylation is 3. The van der Waals surface area contributed by atoms with E-state index < -0.39 is 0 Å².